The zero-order valence-electron chi connectivity index (χ0n) is 24.9. The van der Waals surface area contributed by atoms with Crippen LogP contribution in [0.1, 0.15) is 94.6 Å². The number of nitrogens with one attached hydrogen (secondary N) is 1. The maximum atomic E-state index is 13.3. The minimum absolute atomic E-state index is 0.0109. The Morgan fingerprint density at radius 3 is 2.12 bits per heavy atom. The van der Waals surface area contributed by atoms with E-state index in [0.29, 0.717) is 40.3 Å². The van der Waals surface area contributed by atoms with Gasteiger partial charge in [-0.1, -0.05) is 104 Å². The molecule has 1 aromatic heterocycles. The molecule has 2 aromatic carbocycles. The van der Waals surface area contributed by atoms with E-state index in [1.165, 1.54) is 11.8 Å². The molecule has 1 aliphatic rings. The molecule has 0 fully saturated rings. The van der Waals surface area contributed by atoms with Crippen LogP contribution in [-0.4, -0.2) is 22.4 Å². The second-order valence-electron chi connectivity index (χ2n) is 13.5. The predicted octanol–water partition coefficient (Wildman–Crippen LogP) is 8.10. The molecule has 1 amide bonds. The SMILES string of the molecule is CC1(C)CC(=O)c2c(nc(SCC(=O)Nc3cc(C(C)(C)C)cc(C(C)(C)C)c3)c(C#N)c2-c2ccccc2)C1. The van der Waals surface area contributed by atoms with Crippen molar-refractivity contribution in [2.75, 3.05) is 11.1 Å². The lowest BCUT2D eigenvalue weighted by Gasteiger charge is -2.31. The number of thioether (sulfide) groups is 1. The lowest BCUT2D eigenvalue weighted by atomic mass is 9.73. The molecule has 6 heteroatoms. The third-order valence-corrected chi connectivity index (χ3v) is 8.24. The van der Waals surface area contributed by atoms with E-state index < -0.39 is 0 Å². The maximum Gasteiger partial charge on any atom is 0.234 e. The van der Waals surface area contributed by atoms with Crippen molar-refractivity contribution in [3.8, 4) is 17.2 Å². The molecule has 0 radical (unpaired) electrons. The molecule has 0 bridgehead atoms. The summed E-state index contributed by atoms with van der Waals surface area (Å²) in [7, 11) is 0. The van der Waals surface area contributed by atoms with Crippen LogP contribution in [0, 0.1) is 16.7 Å². The van der Waals surface area contributed by atoms with E-state index in [1.807, 2.05) is 42.5 Å². The first-order valence-electron chi connectivity index (χ1n) is 13.7. The fourth-order valence-electron chi connectivity index (χ4n) is 5.08. The smallest absolute Gasteiger partial charge is 0.234 e. The van der Waals surface area contributed by atoms with Gasteiger partial charge in [0, 0.05) is 23.2 Å². The summed E-state index contributed by atoms with van der Waals surface area (Å²) in [6.45, 7) is 17.1. The van der Waals surface area contributed by atoms with Crippen molar-refractivity contribution in [1.29, 1.82) is 5.26 Å². The molecule has 40 heavy (non-hydrogen) atoms. The van der Waals surface area contributed by atoms with Crippen LogP contribution >= 0.6 is 11.8 Å². The third kappa shape index (κ3) is 6.47. The number of ketones is 1. The number of benzene rings is 2. The topological polar surface area (TPSA) is 82.8 Å². The lowest BCUT2D eigenvalue weighted by molar-refractivity contribution is -0.113. The van der Waals surface area contributed by atoms with E-state index in [1.54, 1.807) is 0 Å². The molecule has 0 atom stereocenters. The van der Waals surface area contributed by atoms with Crippen molar-refractivity contribution in [3.05, 3.63) is 76.5 Å². The highest BCUT2D eigenvalue weighted by Gasteiger charge is 2.36. The summed E-state index contributed by atoms with van der Waals surface area (Å²) in [4.78, 5) is 31.4. The maximum absolute atomic E-state index is 13.3. The number of amides is 1. The molecule has 5 nitrogen and oxygen atoms in total. The van der Waals surface area contributed by atoms with E-state index in [4.69, 9.17) is 4.98 Å². The van der Waals surface area contributed by atoms with Crippen molar-refractivity contribution in [3.63, 3.8) is 0 Å². The minimum atomic E-state index is -0.221. The van der Waals surface area contributed by atoms with Gasteiger partial charge in [0.2, 0.25) is 5.91 Å². The average molecular weight is 554 g/mol. The van der Waals surface area contributed by atoms with Gasteiger partial charge in [0.1, 0.15) is 11.1 Å². The Balaban J connectivity index is 1.68. The van der Waals surface area contributed by atoms with Gasteiger partial charge in [0.15, 0.2) is 5.78 Å². The van der Waals surface area contributed by atoms with Gasteiger partial charge in [-0.3, -0.25) is 9.59 Å². The number of nitrogens with zero attached hydrogens (tertiary/aromatic N) is 2. The Kier molecular flexibility index (Phi) is 8.02. The first-order chi connectivity index (χ1) is 18.6. The van der Waals surface area contributed by atoms with Gasteiger partial charge in [-0.25, -0.2) is 4.98 Å². The molecular weight excluding hydrogens is 514 g/mol. The van der Waals surface area contributed by atoms with Gasteiger partial charge in [0.25, 0.3) is 0 Å². The van der Waals surface area contributed by atoms with Crippen molar-refractivity contribution in [2.45, 2.75) is 84.1 Å². The highest BCUT2D eigenvalue weighted by Crippen LogP contribution is 2.42. The van der Waals surface area contributed by atoms with Crippen LogP contribution in [0.3, 0.4) is 0 Å². The summed E-state index contributed by atoms with van der Waals surface area (Å²) in [6, 6.07) is 18.1. The number of hydrogen-bond donors (Lipinski definition) is 1. The van der Waals surface area contributed by atoms with Crippen molar-refractivity contribution in [1.82, 2.24) is 4.98 Å². The summed E-state index contributed by atoms with van der Waals surface area (Å²) in [5, 5.41) is 13.8. The highest BCUT2D eigenvalue weighted by atomic mass is 32.2. The molecule has 0 spiro atoms. The van der Waals surface area contributed by atoms with E-state index in [9.17, 15) is 14.9 Å². The summed E-state index contributed by atoms with van der Waals surface area (Å²) in [5.74, 6) is -0.0647. The number of anilines is 1. The molecule has 1 aliphatic carbocycles. The van der Waals surface area contributed by atoms with Gasteiger partial charge in [0.05, 0.1) is 17.0 Å². The number of aromatic nitrogens is 1. The summed E-state index contributed by atoms with van der Waals surface area (Å²) in [6.07, 6.45) is 1.04. The Morgan fingerprint density at radius 2 is 1.57 bits per heavy atom. The van der Waals surface area contributed by atoms with Crippen LogP contribution in [0.4, 0.5) is 5.69 Å². The summed E-state index contributed by atoms with van der Waals surface area (Å²) >= 11 is 1.24. The molecule has 0 unspecified atom stereocenters. The number of pyridine rings is 1. The standard InChI is InChI=1S/C34H39N3O2S/c1-32(2,3)22-14-23(33(4,5)6)16-24(15-22)36-28(39)20-40-31-25(19-35)29(21-12-10-9-11-13-21)30-26(37-31)17-34(7,8)18-27(30)38/h9-16H,17-18,20H2,1-8H3,(H,36,39). The molecule has 208 valence electrons. The molecule has 1 heterocycles. The van der Waals surface area contributed by atoms with E-state index >= 15 is 0 Å². The number of nitriles is 1. The normalized spacial score (nSPS) is 14.8. The van der Waals surface area contributed by atoms with Crippen LogP contribution in [0.15, 0.2) is 53.6 Å². The van der Waals surface area contributed by atoms with Crippen LogP contribution in [0.25, 0.3) is 11.1 Å². The van der Waals surface area contributed by atoms with Crippen molar-refractivity contribution in [2.24, 2.45) is 5.41 Å². The number of rotatable bonds is 5. The Labute approximate surface area is 242 Å². The minimum Gasteiger partial charge on any atom is -0.325 e. The van der Waals surface area contributed by atoms with Crippen LogP contribution in [0.5, 0.6) is 0 Å². The number of Topliss-reactive ketones (excluding diaryl/α,β-unsaturated/α-hetero) is 1. The van der Waals surface area contributed by atoms with Crippen LogP contribution < -0.4 is 5.32 Å². The molecule has 1 N–H and O–H groups in total. The molecule has 4 rings (SSSR count). The molecule has 0 aliphatic heterocycles. The molecule has 0 saturated heterocycles. The fourth-order valence-corrected chi connectivity index (χ4v) is 5.88. The second kappa shape index (κ2) is 10.9. The van der Waals surface area contributed by atoms with Gasteiger partial charge in [-0.15, -0.1) is 0 Å². The number of carbonyl (C=O) groups excluding carboxylic acids is 2. The highest BCUT2D eigenvalue weighted by molar-refractivity contribution is 8.00. The first-order valence-corrected chi connectivity index (χ1v) is 14.7. The Hall–Kier alpha value is -3.43. The Bertz CT molecular complexity index is 1470. The van der Waals surface area contributed by atoms with Gasteiger partial charge in [-0.05, 0) is 51.5 Å². The molecule has 3 aromatic rings. The van der Waals surface area contributed by atoms with E-state index in [-0.39, 0.29) is 33.7 Å². The van der Waals surface area contributed by atoms with Crippen molar-refractivity contribution >= 4 is 29.1 Å². The Morgan fingerprint density at radius 1 is 0.975 bits per heavy atom. The lowest BCUT2D eigenvalue weighted by Crippen LogP contribution is -2.29. The number of carbonyl (C=O) groups is 2. The van der Waals surface area contributed by atoms with Gasteiger partial charge in [-0.2, -0.15) is 5.26 Å². The van der Waals surface area contributed by atoms with Crippen LogP contribution in [-0.2, 0) is 22.0 Å². The second-order valence-corrected chi connectivity index (χ2v) is 14.5. The van der Waals surface area contributed by atoms with E-state index in [0.717, 1.165) is 22.4 Å². The summed E-state index contributed by atoms with van der Waals surface area (Å²) < 4.78 is 0. The number of fused-ring (bicyclic) bond motifs is 1. The number of hydrogen-bond acceptors (Lipinski definition) is 5. The van der Waals surface area contributed by atoms with E-state index in [2.05, 4.69) is 72.8 Å². The fraction of sp³-hybridized carbons (Fsp3) is 0.412. The first kappa shape index (κ1) is 29.6. The molecular formula is C34H39N3O2S. The largest absolute Gasteiger partial charge is 0.325 e. The average Bonchev–Trinajstić information content (AvgIpc) is 2.85. The molecule has 0 saturated carbocycles. The predicted molar refractivity (Wildman–Crippen MR) is 164 cm³/mol. The van der Waals surface area contributed by atoms with Gasteiger partial charge < -0.3 is 5.32 Å². The quantitative estimate of drug-likeness (QED) is 0.323. The summed E-state index contributed by atoms with van der Waals surface area (Å²) in [5.41, 5.74) is 5.76. The third-order valence-electron chi connectivity index (χ3n) is 7.27. The zero-order valence-corrected chi connectivity index (χ0v) is 25.7. The van der Waals surface area contributed by atoms with Crippen molar-refractivity contribution < 1.29 is 9.59 Å². The zero-order chi connectivity index (χ0) is 29.5. The van der Waals surface area contributed by atoms with Gasteiger partial charge >= 0.3 is 0 Å². The monoisotopic (exact) mass is 553 g/mol. The van der Waals surface area contributed by atoms with Crippen LogP contribution in [0.2, 0.25) is 0 Å².